The number of thioether (sulfide) groups is 1. The molecule has 1 amide bonds. The van der Waals surface area contributed by atoms with E-state index in [1.54, 1.807) is 6.08 Å². The van der Waals surface area contributed by atoms with Crippen LogP contribution in [0.2, 0.25) is 0 Å². The molecule has 0 saturated carbocycles. The van der Waals surface area contributed by atoms with Crippen molar-refractivity contribution in [3.05, 3.63) is 75.7 Å². The number of fused-ring (bicyclic) bond motifs is 4. The fraction of sp³-hybridized carbons (Fsp3) is 0.280. The molecule has 3 aliphatic rings. The van der Waals surface area contributed by atoms with Crippen LogP contribution < -0.4 is 39.4 Å². The Morgan fingerprint density at radius 3 is 2.83 bits per heavy atom. The van der Waals surface area contributed by atoms with Gasteiger partial charge in [-0.15, -0.1) is 11.8 Å². The summed E-state index contributed by atoms with van der Waals surface area (Å²) in [5.74, 6) is -0.602. The monoisotopic (exact) mass is 512 g/mol. The molecule has 0 bridgehead atoms. The molecule has 6 rings (SSSR count). The number of ether oxygens (including phenoxy) is 2. The van der Waals surface area contributed by atoms with Crippen molar-refractivity contribution in [2.75, 3.05) is 13.2 Å². The Labute approximate surface area is 233 Å². The second-order valence-corrected chi connectivity index (χ2v) is 9.43. The number of imidazole rings is 1. The average Bonchev–Trinajstić information content (AvgIpc) is 3.59. The SMILES string of the molecule is O=C([O-])C1=CS[C@@H]2/C(=C\c3cn4c5c(c(OCCOCc6ccccc6)nc4n3)CCC5)C(=O)N12.[Na+]. The second-order valence-electron chi connectivity index (χ2n) is 8.47. The summed E-state index contributed by atoms with van der Waals surface area (Å²) in [6.45, 7) is 1.36. The predicted molar refractivity (Wildman–Crippen MR) is 126 cm³/mol. The minimum Gasteiger partial charge on any atom is -0.543 e. The second kappa shape index (κ2) is 10.4. The molecule has 0 radical (unpaired) electrons. The van der Waals surface area contributed by atoms with Crippen LogP contribution in [0.15, 0.2) is 53.2 Å². The Morgan fingerprint density at radius 2 is 2.03 bits per heavy atom. The number of hydrogen-bond donors (Lipinski definition) is 0. The van der Waals surface area contributed by atoms with Crippen LogP contribution in [0.25, 0.3) is 11.9 Å². The van der Waals surface area contributed by atoms with E-state index in [-0.39, 0.29) is 46.5 Å². The Morgan fingerprint density at radius 1 is 1.19 bits per heavy atom. The number of benzene rings is 1. The summed E-state index contributed by atoms with van der Waals surface area (Å²) in [7, 11) is 0. The van der Waals surface area contributed by atoms with Crippen LogP contribution in [0.4, 0.5) is 0 Å². The predicted octanol–water partition coefficient (Wildman–Crippen LogP) is -1.29. The first-order chi connectivity index (χ1) is 17.1. The average molecular weight is 513 g/mol. The molecule has 36 heavy (non-hydrogen) atoms. The van der Waals surface area contributed by atoms with Crippen LogP contribution in [0.5, 0.6) is 5.88 Å². The Kier molecular flexibility index (Phi) is 7.23. The molecular formula is C25H21N4NaO5S. The molecule has 3 aromatic rings. The number of carbonyl (C=O) groups is 2. The first-order valence-electron chi connectivity index (χ1n) is 11.4. The van der Waals surface area contributed by atoms with Gasteiger partial charge < -0.3 is 19.4 Å². The van der Waals surface area contributed by atoms with Gasteiger partial charge in [0.25, 0.3) is 5.91 Å². The first-order valence-corrected chi connectivity index (χ1v) is 12.3. The number of rotatable bonds is 8. The summed E-state index contributed by atoms with van der Waals surface area (Å²) in [6, 6.07) is 9.98. The van der Waals surface area contributed by atoms with Crippen molar-refractivity contribution in [3.63, 3.8) is 0 Å². The summed E-state index contributed by atoms with van der Waals surface area (Å²) in [5, 5.41) is 12.3. The normalized spacial score (nSPS) is 19.1. The molecular weight excluding hydrogens is 491 g/mol. The van der Waals surface area contributed by atoms with E-state index in [9.17, 15) is 14.7 Å². The molecule has 1 aromatic carbocycles. The zero-order chi connectivity index (χ0) is 23.9. The molecule has 11 heteroatoms. The quantitative estimate of drug-likeness (QED) is 0.159. The summed E-state index contributed by atoms with van der Waals surface area (Å²) < 4.78 is 13.7. The van der Waals surface area contributed by atoms with E-state index in [2.05, 4.69) is 9.97 Å². The number of carboxylic acid groups (broad SMARTS) is 1. The van der Waals surface area contributed by atoms with Crippen molar-refractivity contribution in [3.8, 4) is 5.88 Å². The molecule has 0 unspecified atom stereocenters. The van der Waals surface area contributed by atoms with Crippen molar-refractivity contribution in [1.82, 2.24) is 19.3 Å². The van der Waals surface area contributed by atoms with Crippen LogP contribution in [0.1, 0.15) is 28.9 Å². The summed E-state index contributed by atoms with van der Waals surface area (Å²) >= 11 is 1.27. The first kappa shape index (κ1) is 25.0. The summed E-state index contributed by atoms with van der Waals surface area (Å²) in [6.07, 6.45) is 6.36. The molecule has 1 fully saturated rings. The van der Waals surface area contributed by atoms with Crippen LogP contribution in [0, 0.1) is 0 Å². The third kappa shape index (κ3) is 4.48. The Bertz CT molecular complexity index is 1400. The zero-order valence-corrected chi connectivity index (χ0v) is 22.5. The smallest absolute Gasteiger partial charge is 0.543 e. The Hall–Kier alpha value is -2.63. The molecule has 1 aliphatic carbocycles. The van der Waals surface area contributed by atoms with Gasteiger partial charge in [-0.1, -0.05) is 30.3 Å². The third-order valence-electron chi connectivity index (χ3n) is 6.27. The summed E-state index contributed by atoms with van der Waals surface area (Å²) in [5.41, 5.74) is 4.33. The van der Waals surface area contributed by atoms with E-state index < -0.39 is 5.97 Å². The Balaban J connectivity index is 0.00000267. The molecule has 0 spiro atoms. The van der Waals surface area contributed by atoms with E-state index in [0.29, 0.717) is 42.7 Å². The van der Waals surface area contributed by atoms with E-state index in [1.807, 2.05) is 40.9 Å². The zero-order valence-electron chi connectivity index (χ0n) is 19.7. The number of carboxylic acids is 1. The number of aryl methyl sites for hydroxylation is 1. The van der Waals surface area contributed by atoms with Gasteiger partial charge in [0.05, 0.1) is 36.1 Å². The fourth-order valence-corrected chi connectivity index (χ4v) is 5.73. The van der Waals surface area contributed by atoms with Crippen molar-refractivity contribution < 1.29 is 53.7 Å². The summed E-state index contributed by atoms with van der Waals surface area (Å²) in [4.78, 5) is 34.2. The number of carbonyl (C=O) groups excluding carboxylic acids is 2. The van der Waals surface area contributed by atoms with E-state index in [4.69, 9.17) is 9.47 Å². The van der Waals surface area contributed by atoms with Gasteiger partial charge in [-0.3, -0.25) is 14.1 Å². The number of aromatic nitrogens is 3. The van der Waals surface area contributed by atoms with Gasteiger partial charge in [0, 0.05) is 17.5 Å². The van der Waals surface area contributed by atoms with Crippen LogP contribution in [-0.2, 0) is 33.8 Å². The maximum absolute atomic E-state index is 12.5. The molecule has 9 nitrogen and oxygen atoms in total. The van der Waals surface area contributed by atoms with Crippen molar-refractivity contribution in [2.24, 2.45) is 0 Å². The number of amides is 1. The van der Waals surface area contributed by atoms with Gasteiger partial charge in [0.2, 0.25) is 11.7 Å². The fourth-order valence-electron chi connectivity index (χ4n) is 4.62. The maximum atomic E-state index is 12.5. The maximum Gasteiger partial charge on any atom is 1.00 e. The van der Waals surface area contributed by atoms with Crippen LogP contribution in [0.3, 0.4) is 0 Å². The van der Waals surface area contributed by atoms with E-state index in [1.165, 1.54) is 22.1 Å². The number of β-lactam (4-membered cyclic amide) rings is 1. The number of hydrogen-bond acceptors (Lipinski definition) is 8. The minimum atomic E-state index is -1.35. The van der Waals surface area contributed by atoms with Gasteiger partial charge >= 0.3 is 29.6 Å². The van der Waals surface area contributed by atoms with Gasteiger partial charge in [0.15, 0.2) is 0 Å². The van der Waals surface area contributed by atoms with Gasteiger partial charge in [-0.2, -0.15) is 4.98 Å². The van der Waals surface area contributed by atoms with Crippen LogP contribution >= 0.6 is 11.8 Å². The van der Waals surface area contributed by atoms with Gasteiger partial charge in [-0.25, -0.2) is 4.98 Å². The van der Waals surface area contributed by atoms with E-state index in [0.717, 1.165) is 36.1 Å². The van der Waals surface area contributed by atoms with Crippen molar-refractivity contribution >= 4 is 35.5 Å². The topological polar surface area (TPSA) is 109 Å². The third-order valence-corrected chi connectivity index (χ3v) is 7.35. The molecule has 178 valence electrons. The molecule has 1 saturated heterocycles. The van der Waals surface area contributed by atoms with Crippen LogP contribution in [-0.4, -0.2) is 49.7 Å². The number of nitrogens with zero attached hydrogens (tertiary/aromatic N) is 4. The molecule has 2 aliphatic heterocycles. The molecule has 4 heterocycles. The number of aliphatic carboxylic acids is 1. The van der Waals surface area contributed by atoms with Gasteiger partial charge in [0.1, 0.15) is 12.0 Å². The molecule has 1 atom stereocenters. The molecule has 2 aromatic heterocycles. The molecule has 0 N–H and O–H groups in total. The van der Waals surface area contributed by atoms with Crippen molar-refractivity contribution in [2.45, 2.75) is 31.2 Å². The van der Waals surface area contributed by atoms with E-state index >= 15 is 0 Å². The van der Waals surface area contributed by atoms with Gasteiger partial charge in [-0.05, 0) is 36.3 Å². The van der Waals surface area contributed by atoms with Crippen molar-refractivity contribution in [1.29, 1.82) is 0 Å². The largest absolute Gasteiger partial charge is 1.00 e. The minimum absolute atomic E-state index is 0. The standard InChI is InChI=1S/C25H22N4O5S.Na/c30-22-18(23-29(22)20(14-35-23)24(31)32)11-16-12-28-19-8-4-7-17(19)21(27-25(28)26-16)34-10-9-33-13-15-5-2-1-3-6-15;/h1-3,5-6,11-12,14,23H,4,7-10,13H2,(H,31,32);/q;+1/p-1/b18-11-;/t23-;/m1./s1.